The monoisotopic (exact) mass is 335 g/mol. The number of likely N-dealkylation sites (N-methyl/N-ethyl adjacent to an activating group) is 1. The molecular weight excluding hydrogens is 314 g/mol. The molecule has 1 fully saturated rings. The van der Waals surface area contributed by atoms with Crippen LogP contribution in [0, 0.1) is 10.1 Å². The molecule has 1 heterocycles. The van der Waals surface area contributed by atoms with Crippen molar-refractivity contribution in [2.75, 3.05) is 20.1 Å². The quantitative estimate of drug-likeness (QED) is 0.611. The van der Waals surface area contributed by atoms with Gasteiger partial charge in [0.05, 0.1) is 11.0 Å². The zero-order valence-electron chi connectivity index (χ0n) is 14.2. The Balaban J connectivity index is 2.20. The molecule has 1 saturated heterocycles. The van der Waals surface area contributed by atoms with E-state index in [2.05, 4.69) is 0 Å². The Morgan fingerprint density at radius 3 is 2.38 bits per heavy atom. The average molecular weight is 335 g/mol. The van der Waals surface area contributed by atoms with Crippen LogP contribution in [-0.4, -0.2) is 52.5 Å². The highest BCUT2D eigenvalue weighted by Crippen LogP contribution is 2.27. The Bertz CT molecular complexity index is 651. The number of carbonyl (C=O) groups is 2. The van der Waals surface area contributed by atoms with Crippen molar-refractivity contribution in [2.45, 2.75) is 32.4 Å². The van der Waals surface area contributed by atoms with Crippen LogP contribution in [0.25, 0.3) is 0 Å². The smallest absolute Gasteiger partial charge is 0.410 e. The molecule has 1 aliphatic rings. The number of carbonyl (C=O) groups excluding carboxylic acids is 2. The van der Waals surface area contributed by atoms with Crippen LogP contribution in [0.2, 0.25) is 0 Å². The molecule has 0 N–H and O–H groups in total. The minimum Gasteiger partial charge on any atom is -0.444 e. The van der Waals surface area contributed by atoms with Gasteiger partial charge in [-0.15, -0.1) is 0 Å². The van der Waals surface area contributed by atoms with E-state index in [1.807, 2.05) is 0 Å². The number of nitro benzene ring substituents is 1. The van der Waals surface area contributed by atoms with Crippen molar-refractivity contribution in [3.05, 3.63) is 39.9 Å². The Morgan fingerprint density at radius 1 is 1.29 bits per heavy atom. The first-order chi connectivity index (χ1) is 11.1. The van der Waals surface area contributed by atoms with Gasteiger partial charge in [-0.25, -0.2) is 4.79 Å². The molecule has 0 saturated carbocycles. The minimum absolute atomic E-state index is 0.0208. The van der Waals surface area contributed by atoms with E-state index in [0.29, 0.717) is 0 Å². The highest BCUT2D eigenvalue weighted by Gasteiger charge is 2.35. The van der Waals surface area contributed by atoms with Gasteiger partial charge in [-0.1, -0.05) is 12.1 Å². The lowest BCUT2D eigenvalue weighted by atomic mass is 10.0. The van der Waals surface area contributed by atoms with Crippen LogP contribution in [0.4, 0.5) is 10.5 Å². The minimum atomic E-state index is -0.646. The maximum absolute atomic E-state index is 12.2. The molecule has 0 unspecified atom stereocenters. The largest absolute Gasteiger partial charge is 0.444 e. The predicted molar refractivity (Wildman–Crippen MR) is 86.4 cm³/mol. The number of piperazine rings is 1. The van der Waals surface area contributed by atoms with E-state index in [0.717, 1.165) is 5.56 Å². The third-order valence-electron chi connectivity index (χ3n) is 3.72. The molecule has 1 aliphatic heterocycles. The topological polar surface area (TPSA) is 93.0 Å². The number of hydrogen-bond donors (Lipinski definition) is 0. The molecule has 8 heteroatoms. The van der Waals surface area contributed by atoms with E-state index in [4.69, 9.17) is 4.74 Å². The van der Waals surface area contributed by atoms with Gasteiger partial charge >= 0.3 is 6.09 Å². The number of rotatable bonds is 2. The first kappa shape index (κ1) is 17.7. The summed E-state index contributed by atoms with van der Waals surface area (Å²) < 4.78 is 5.32. The van der Waals surface area contributed by atoms with E-state index in [-0.39, 0.29) is 30.7 Å². The molecule has 0 spiro atoms. The molecule has 0 aromatic heterocycles. The van der Waals surface area contributed by atoms with E-state index in [1.165, 1.54) is 17.0 Å². The zero-order chi connectivity index (χ0) is 18.1. The molecule has 2 amide bonds. The standard InChI is InChI=1S/C16H21N3O5/c1-16(2,3)24-15(21)18-9-13(17(4)14(20)10-18)11-5-7-12(8-6-11)19(22)23/h5-8,13H,9-10H2,1-4H3/t13-/m1/s1. The number of ether oxygens (including phenoxy) is 1. The summed E-state index contributed by atoms with van der Waals surface area (Å²) in [7, 11) is 1.65. The predicted octanol–water partition coefficient (Wildman–Crippen LogP) is 2.34. The van der Waals surface area contributed by atoms with Crippen LogP contribution in [0.1, 0.15) is 32.4 Å². The van der Waals surface area contributed by atoms with Crippen molar-refractivity contribution < 1.29 is 19.2 Å². The number of non-ortho nitro benzene ring substituents is 1. The second-order valence-electron chi connectivity index (χ2n) is 6.73. The van der Waals surface area contributed by atoms with Crippen LogP contribution in [-0.2, 0) is 9.53 Å². The molecule has 0 radical (unpaired) electrons. The maximum atomic E-state index is 12.2. The maximum Gasteiger partial charge on any atom is 0.410 e. The van der Waals surface area contributed by atoms with Gasteiger partial charge in [0, 0.05) is 25.7 Å². The number of nitrogens with zero attached hydrogens (tertiary/aromatic N) is 3. The van der Waals surface area contributed by atoms with Crippen molar-refractivity contribution in [1.82, 2.24) is 9.80 Å². The van der Waals surface area contributed by atoms with Crippen molar-refractivity contribution in [1.29, 1.82) is 0 Å². The van der Waals surface area contributed by atoms with Crippen LogP contribution in [0.3, 0.4) is 0 Å². The van der Waals surface area contributed by atoms with Crippen molar-refractivity contribution in [3.8, 4) is 0 Å². The highest BCUT2D eigenvalue weighted by atomic mass is 16.6. The van der Waals surface area contributed by atoms with Gasteiger partial charge in [0.1, 0.15) is 12.1 Å². The third-order valence-corrected chi connectivity index (χ3v) is 3.72. The van der Waals surface area contributed by atoms with Crippen LogP contribution in [0.5, 0.6) is 0 Å². The summed E-state index contributed by atoms with van der Waals surface area (Å²) in [6.45, 7) is 5.51. The van der Waals surface area contributed by atoms with Gasteiger partial charge in [0.2, 0.25) is 5.91 Å². The summed E-state index contributed by atoms with van der Waals surface area (Å²) in [5.74, 6) is -0.213. The fourth-order valence-electron chi connectivity index (χ4n) is 2.46. The summed E-state index contributed by atoms with van der Waals surface area (Å²) in [6.07, 6.45) is -0.545. The molecule has 1 aromatic carbocycles. The molecular formula is C16H21N3O5. The summed E-state index contributed by atoms with van der Waals surface area (Å²) in [5.41, 5.74) is 0.0593. The van der Waals surface area contributed by atoms with Crippen LogP contribution >= 0.6 is 0 Å². The molecule has 1 atom stereocenters. The zero-order valence-corrected chi connectivity index (χ0v) is 14.2. The van der Waals surface area contributed by atoms with Crippen molar-refractivity contribution >= 4 is 17.7 Å². The Hall–Kier alpha value is -2.64. The van der Waals surface area contributed by atoms with Gasteiger partial charge in [0.25, 0.3) is 5.69 Å². The second-order valence-corrected chi connectivity index (χ2v) is 6.73. The average Bonchev–Trinajstić information content (AvgIpc) is 2.48. The number of amides is 2. The summed E-state index contributed by atoms with van der Waals surface area (Å²) in [6, 6.07) is 5.61. The van der Waals surface area contributed by atoms with Gasteiger partial charge in [0.15, 0.2) is 0 Å². The highest BCUT2D eigenvalue weighted by molar-refractivity contribution is 5.84. The SMILES string of the molecule is CN1C(=O)CN(C(=O)OC(C)(C)C)C[C@@H]1c1ccc([N+](=O)[O-])cc1. The summed E-state index contributed by atoms with van der Waals surface area (Å²) in [4.78, 5) is 37.6. The molecule has 0 bridgehead atoms. The Kier molecular flexibility index (Phi) is 4.77. The van der Waals surface area contributed by atoms with E-state index in [9.17, 15) is 19.7 Å². The number of nitro groups is 1. The molecule has 24 heavy (non-hydrogen) atoms. The van der Waals surface area contributed by atoms with Gasteiger partial charge < -0.3 is 9.64 Å². The van der Waals surface area contributed by atoms with Crippen molar-refractivity contribution in [2.24, 2.45) is 0 Å². The first-order valence-electron chi connectivity index (χ1n) is 7.56. The lowest BCUT2D eigenvalue weighted by molar-refractivity contribution is -0.384. The van der Waals surface area contributed by atoms with Crippen LogP contribution < -0.4 is 0 Å². The molecule has 0 aliphatic carbocycles. The summed E-state index contributed by atoms with van der Waals surface area (Å²) in [5, 5.41) is 10.8. The van der Waals surface area contributed by atoms with Crippen molar-refractivity contribution in [3.63, 3.8) is 0 Å². The van der Waals surface area contributed by atoms with Crippen LogP contribution in [0.15, 0.2) is 24.3 Å². The Morgan fingerprint density at radius 2 is 1.88 bits per heavy atom. The fraction of sp³-hybridized carbons (Fsp3) is 0.500. The Labute approximate surface area is 140 Å². The third kappa shape index (κ3) is 4.01. The van der Waals surface area contributed by atoms with Gasteiger partial charge in [-0.3, -0.25) is 19.8 Å². The molecule has 2 rings (SSSR count). The molecule has 1 aromatic rings. The van der Waals surface area contributed by atoms with Gasteiger partial charge in [-0.05, 0) is 26.3 Å². The lowest BCUT2D eigenvalue weighted by Crippen LogP contribution is -2.53. The summed E-state index contributed by atoms with van der Waals surface area (Å²) >= 11 is 0. The van der Waals surface area contributed by atoms with E-state index in [1.54, 1.807) is 44.9 Å². The fourth-order valence-corrected chi connectivity index (χ4v) is 2.46. The first-order valence-corrected chi connectivity index (χ1v) is 7.56. The molecule has 130 valence electrons. The van der Waals surface area contributed by atoms with Gasteiger partial charge in [-0.2, -0.15) is 0 Å². The second kappa shape index (κ2) is 6.46. The lowest BCUT2D eigenvalue weighted by Gasteiger charge is -2.39. The van der Waals surface area contributed by atoms with E-state index < -0.39 is 16.6 Å². The normalized spacial score (nSPS) is 18.5. The number of benzene rings is 1. The number of hydrogen-bond acceptors (Lipinski definition) is 5. The van der Waals surface area contributed by atoms with E-state index >= 15 is 0 Å². The molecule has 8 nitrogen and oxygen atoms in total.